The van der Waals surface area contributed by atoms with Crippen molar-refractivity contribution >= 4 is 51.3 Å². The number of carboxylic acid groups (broad SMARTS) is 1. The summed E-state index contributed by atoms with van der Waals surface area (Å²) in [5.41, 5.74) is 6.81. The lowest BCUT2D eigenvalue weighted by Crippen LogP contribution is -2.06. The van der Waals surface area contributed by atoms with E-state index in [-0.39, 0.29) is 39.5 Å². The summed E-state index contributed by atoms with van der Waals surface area (Å²) in [5.74, 6) is 9.24. The van der Waals surface area contributed by atoms with Crippen molar-refractivity contribution in [1.82, 2.24) is 0 Å². The molecule has 0 saturated heterocycles. The fourth-order valence-corrected chi connectivity index (χ4v) is 1.24. The third-order valence-electron chi connectivity index (χ3n) is 2.24. The van der Waals surface area contributed by atoms with Crippen LogP contribution in [0.1, 0.15) is 10.4 Å². The summed E-state index contributed by atoms with van der Waals surface area (Å²) in [7, 11) is 0. The molecule has 6 nitrogen and oxygen atoms in total. The van der Waals surface area contributed by atoms with E-state index in [1.807, 2.05) is 30.3 Å². The number of halogens is 2. The van der Waals surface area contributed by atoms with Gasteiger partial charge in [-0.15, -0.1) is 34.0 Å². The summed E-state index contributed by atoms with van der Waals surface area (Å²) in [5, 5.41) is 8.50. The second-order valence-electron chi connectivity index (χ2n) is 3.54. The average molecular weight is 422 g/mol. The summed E-state index contributed by atoms with van der Waals surface area (Å²) in [6.45, 7) is 0. The molecule has 0 spiro atoms. The van der Waals surface area contributed by atoms with Crippen LogP contribution in [0.5, 0.6) is 0 Å². The number of carboxylic acids is 1. The number of hydrogen-bond acceptors (Lipinski definition) is 5. The normalized spacial score (nSPS) is 8.10. The Hall–Kier alpha value is -1.61. The number of hydrogen-bond donors (Lipinski definition) is 5. The molecular formula is C13H18Br2N4O2. The van der Waals surface area contributed by atoms with E-state index in [1.165, 1.54) is 12.1 Å². The van der Waals surface area contributed by atoms with Gasteiger partial charge in [-0.1, -0.05) is 18.2 Å². The van der Waals surface area contributed by atoms with E-state index < -0.39 is 5.97 Å². The summed E-state index contributed by atoms with van der Waals surface area (Å²) >= 11 is 0. The third kappa shape index (κ3) is 8.30. The maximum absolute atomic E-state index is 10.3. The predicted octanol–water partition coefficient (Wildman–Crippen LogP) is 2.80. The summed E-state index contributed by atoms with van der Waals surface area (Å²) in [6.07, 6.45) is 0. The zero-order valence-corrected chi connectivity index (χ0v) is 14.4. The number of para-hydroxylation sites is 1. The number of hydrazine groups is 2. The molecule has 0 atom stereocenters. The maximum atomic E-state index is 10.3. The molecular weight excluding hydrogens is 404 g/mol. The number of anilines is 2. The number of aromatic carboxylic acids is 1. The summed E-state index contributed by atoms with van der Waals surface area (Å²) in [6, 6.07) is 15.8. The Balaban J connectivity index is 0. The average Bonchev–Trinajstić information content (AvgIpc) is 2.48. The number of carbonyl (C=O) groups is 1. The fraction of sp³-hybridized carbons (Fsp3) is 0. The van der Waals surface area contributed by atoms with Crippen LogP contribution < -0.4 is 22.5 Å². The Kier molecular flexibility index (Phi) is 12.6. The highest BCUT2D eigenvalue weighted by Crippen LogP contribution is 2.07. The molecule has 2 aromatic carbocycles. The number of nitrogen functional groups attached to an aromatic ring is 2. The first-order valence-electron chi connectivity index (χ1n) is 5.49. The van der Waals surface area contributed by atoms with Gasteiger partial charge in [0.2, 0.25) is 0 Å². The van der Waals surface area contributed by atoms with Gasteiger partial charge in [0.15, 0.2) is 0 Å². The first kappa shape index (κ1) is 21.7. The van der Waals surface area contributed by atoms with Gasteiger partial charge in [-0.05, 0) is 36.4 Å². The second-order valence-corrected chi connectivity index (χ2v) is 3.54. The highest BCUT2D eigenvalue weighted by atomic mass is 79.9. The minimum Gasteiger partial charge on any atom is -0.478 e. The quantitative estimate of drug-likeness (QED) is 0.384. The molecule has 0 saturated carbocycles. The first-order chi connectivity index (χ1) is 9.17. The SMILES string of the molecule is Br.Br.NNc1ccc(C(=O)O)cc1.NNc1ccccc1. The third-order valence-corrected chi connectivity index (χ3v) is 2.24. The Labute approximate surface area is 144 Å². The van der Waals surface area contributed by atoms with E-state index in [9.17, 15) is 4.79 Å². The zero-order valence-electron chi connectivity index (χ0n) is 11.0. The van der Waals surface area contributed by atoms with Crippen LogP contribution in [0.2, 0.25) is 0 Å². The molecule has 0 amide bonds. The van der Waals surface area contributed by atoms with Gasteiger partial charge in [-0.2, -0.15) is 0 Å². The maximum Gasteiger partial charge on any atom is 0.335 e. The van der Waals surface area contributed by atoms with Crippen LogP contribution >= 0.6 is 34.0 Å². The second kappa shape index (κ2) is 12.2. The van der Waals surface area contributed by atoms with Gasteiger partial charge < -0.3 is 16.0 Å². The minimum atomic E-state index is -0.937. The van der Waals surface area contributed by atoms with Crippen molar-refractivity contribution in [3.63, 3.8) is 0 Å². The highest BCUT2D eigenvalue weighted by Gasteiger charge is 1.99. The molecule has 2 aromatic rings. The smallest absolute Gasteiger partial charge is 0.335 e. The van der Waals surface area contributed by atoms with Crippen LogP contribution in [0.4, 0.5) is 11.4 Å². The lowest BCUT2D eigenvalue weighted by Gasteiger charge is -1.98. The Morgan fingerprint density at radius 3 is 1.57 bits per heavy atom. The van der Waals surface area contributed by atoms with Crippen LogP contribution in [-0.2, 0) is 0 Å². The van der Waals surface area contributed by atoms with E-state index in [1.54, 1.807) is 12.1 Å². The standard InChI is InChI=1S/C7H8N2O2.C6H8N2.2BrH/c8-9-6-3-1-5(2-4-6)7(10)11;7-8-6-4-2-1-3-5-6;;/h1-4,9H,8H2,(H,10,11);1-5,8H,7H2;2*1H. The van der Waals surface area contributed by atoms with E-state index >= 15 is 0 Å². The molecule has 0 heterocycles. The topological polar surface area (TPSA) is 113 Å². The van der Waals surface area contributed by atoms with Crippen molar-refractivity contribution in [3.05, 3.63) is 60.2 Å². The van der Waals surface area contributed by atoms with Gasteiger partial charge >= 0.3 is 5.97 Å². The molecule has 0 aliphatic heterocycles. The Morgan fingerprint density at radius 2 is 1.24 bits per heavy atom. The number of rotatable bonds is 3. The first-order valence-corrected chi connectivity index (χ1v) is 5.49. The van der Waals surface area contributed by atoms with E-state index in [0.717, 1.165) is 5.69 Å². The molecule has 21 heavy (non-hydrogen) atoms. The van der Waals surface area contributed by atoms with Gasteiger partial charge in [0.25, 0.3) is 0 Å². The van der Waals surface area contributed by atoms with Crippen LogP contribution in [0.25, 0.3) is 0 Å². The van der Waals surface area contributed by atoms with Gasteiger partial charge in [-0.25, -0.2) is 4.79 Å². The molecule has 0 fully saturated rings. The number of benzene rings is 2. The van der Waals surface area contributed by atoms with Crippen molar-refractivity contribution in [2.45, 2.75) is 0 Å². The van der Waals surface area contributed by atoms with E-state index in [4.69, 9.17) is 16.8 Å². The lowest BCUT2D eigenvalue weighted by atomic mass is 10.2. The monoisotopic (exact) mass is 420 g/mol. The molecule has 8 heteroatoms. The molecule has 116 valence electrons. The van der Waals surface area contributed by atoms with Crippen molar-refractivity contribution in [2.24, 2.45) is 11.7 Å². The molecule has 7 N–H and O–H groups in total. The van der Waals surface area contributed by atoms with Gasteiger partial charge in [-0.3, -0.25) is 11.7 Å². The molecule has 0 radical (unpaired) electrons. The van der Waals surface area contributed by atoms with Crippen molar-refractivity contribution in [1.29, 1.82) is 0 Å². The van der Waals surface area contributed by atoms with Crippen molar-refractivity contribution < 1.29 is 9.90 Å². The van der Waals surface area contributed by atoms with Gasteiger partial charge in [0.1, 0.15) is 0 Å². The van der Waals surface area contributed by atoms with E-state index in [0.29, 0.717) is 5.69 Å². The van der Waals surface area contributed by atoms with Crippen LogP contribution in [0.3, 0.4) is 0 Å². The van der Waals surface area contributed by atoms with Gasteiger partial charge in [0.05, 0.1) is 5.56 Å². The molecule has 0 unspecified atom stereocenters. The fourth-order valence-electron chi connectivity index (χ4n) is 1.24. The summed E-state index contributed by atoms with van der Waals surface area (Å²) < 4.78 is 0. The predicted molar refractivity (Wildman–Crippen MR) is 96.1 cm³/mol. The molecule has 0 aliphatic rings. The Morgan fingerprint density at radius 1 is 0.810 bits per heavy atom. The molecule has 0 bridgehead atoms. The van der Waals surface area contributed by atoms with Crippen LogP contribution in [0, 0.1) is 0 Å². The van der Waals surface area contributed by atoms with Crippen LogP contribution in [0.15, 0.2) is 54.6 Å². The van der Waals surface area contributed by atoms with Crippen molar-refractivity contribution in [2.75, 3.05) is 10.9 Å². The molecule has 0 aromatic heterocycles. The van der Waals surface area contributed by atoms with Crippen LogP contribution in [-0.4, -0.2) is 11.1 Å². The minimum absolute atomic E-state index is 0. The zero-order chi connectivity index (χ0) is 14.1. The number of nitrogens with one attached hydrogen (secondary N) is 2. The van der Waals surface area contributed by atoms with Crippen molar-refractivity contribution in [3.8, 4) is 0 Å². The molecule has 0 aliphatic carbocycles. The summed E-state index contributed by atoms with van der Waals surface area (Å²) in [4.78, 5) is 10.3. The largest absolute Gasteiger partial charge is 0.478 e. The highest BCUT2D eigenvalue weighted by molar-refractivity contribution is 8.93. The molecule has 2 rings (SSSR count). The lowest BCUT2D eigenvalue weighted by molar-refractivity contribution is 0.0697. The Bertz CT molecular complexity index is 509. The van der Waals surface area contributed by atoms with Gasteiger partial charge in [0, 0.05) is 11.4 Å². The number of nitrogens with two attached hydrogens (primary N) is 2. The van der Waals surface area contributed by atoms with E-state index in [2.05, 4.69) is 10.9 Å².